The zero-order valence-electron chi connectivity index (χ0n) is 13.1. The quantitative estimate of drug-likeness (QED) is 0.866. The van der Waals surface area contributed by atoms with E-state index in [-0.39, 0.29) is 12.5 Å². The van der Waals surface area contributed by atoms with Gasteiger partial charge in [-0.2, -0.15) is 5.10 Å². The monoisotopic (exact) mass is 292 g/mol. The van der Waals surface area contributed by atoms with Gasteiger partial charge in [-0.15, -0.1) is 0 Å². The Morgan fingerprint density at radius 3 is 2.62 bits per heavy atom. The molecule has 1 saturated carbocycles. The molecule has 5 nitrogen and oxygen atoms in total. The van der Waals surface area contributed by atoms with E-state index in [4.69, 9.17) is 4.74 Å². The number of hydrogen-bond donors (Lipinski definition) is 1. The number of aromatic nitrogens is 2. The normalized spacial score (nSPS) is 20.0. The summed E-state index contributed by atoms with van der Waals surface area (Å²) in [5.74, 6) is -0.271. The molecule has 0 aromatic carbocycles. The molecule has 1 aromatic heterocycles. The van der Waals surface area contributed by atoms with Gasteiger partial charge in [-0.25, -0.2) is 0 Å². The summed E-state index contributed by atoms with van der Waals surface area (Å²) in [6.45, 7) is 5.72. The standard InChI is InChI=1S/C16H24N2O3/c1-15(2,3)21-13(19)10-18-12-7-5-4-6-11(12)14(17-18)16(20)8-9-16/h20H,4-10H2,1-3H3. The lowest BCUT2D eigenvalue weighted by molar-refractivity contribution is -0.155. The molecule has 1 fully saturated rings. The number of esters is 1. The van der Waals surface area contributed by atoms with Crippen molar-refractivity contribution in [3.05, 3.63) is 17.0 Å². The summed E-state index contributed by atoms with van der Waals surface area (Å²) >= 11 is 0. The lowest BCUT2D eigenvalue weighted by atomic mass is 9.93. The van der Waals surface area contributed by atoms with Crippen LogP contribution in [0.15, 0.2) is 0 Å². The van der Waals surface area contributed by atoms with E-state index in [0.29, 0.717) is 0 Å². The van der Waals surface area contributed by atoms with Gasteiger partial charge < -0.3 is 9.84 Å². The third kappa shape index (κ3) is 2.98. The maximum Gasteiger partial charge on any atom is 0.328 e. The second-order valence-electron chi connectivity index (χ2n) is 7.26. The van der Waals surface area contributed by atoms with E-state index in [1.807, 2.05) is 20.8 Å². The Hall–Kier alpha value is -1.36. The number of carbonyl (C=O) groups excluding carboxylic acids is 1. The predicted molar refractivity (Wildman–Crippen MR) is 77.8 cm³/mol. The number of ether oxygens (including phenoxy) is 1. The Balaban J connectivity index is 1.85. The van der Waals surface area contributed by atoms with Gasteiger partial charge in [0.2, 0.25) is 0 Å². The third-order valence-electron chi connectivity index (χ3n) is 4.12. The van der Waals surface area contributed by atoms with Gasteiger partial charge in [-0.3, -0.25) is 9.48 Å². The van der Waals surface area contributed by atoms with E-state index < -0.39 is 11.2 Å². The van der Waals surface area contributed by atoms with Crippen LogP contribution in [-0.2, 0) is 34.5 Å². The van der Waals surface area contributed by atoms with Crippen LogP contribution in [0.3, 0.4) is 0 Å². The first-order valence-electron chi connectivity index (χ1n) is 7.82. The Morgan fingerprint density at radius 1 is 1.33 bits per heavy atom. The lowest BCUT2D eigenvalue weighted by Gasteiger charge is -2.20. The van der Waals surface area contributed by atoms with Crippen molar-refractivity contribution in [2.24, 2.45) is 0 Å². The highest BCUT2D eigenvalue weighted by atomic mass is 16.6. The van der Waals surface area contributed by atoms with Crippen LogP contribution in [0.5, 0.6) is 0 Å². The van der Waals surface area contributed by atoms with Gasteiger partial charge in [-0.1, -0.05) is 0 Å². The molecule has 3 rings (SSSR count). The van der Waals surface area contributed by atoms with Gasteiger partial charge in [0.1, 0.15) is 17.7 Å². The van der Waals surface area contributed by atoms with E-state index in [9.17, 15) is 9.90 Å². The van der Waals surface area contributed by atoms with Crippen molar-refractivity contribution in [3.8, 4) is 0 Å². The Bertz CT molecular complexity index is 565. The van der Waals surface area contributed by atoms with Crippen LogP contribution in [0.2, 0.25) is 0 Å². The average molecular weight is 292 g/mol. The van der Waals surface area contributed by atoms with Crippen molar-refractivity contribution < 1.29 is 14.6 Å². The Kier molecular flexibility index (Phi) is 3.35. The van der Waals surface area contributed by atoms with Crippen molar-refractivity contribution in [2.75, 3.05) is 0 Å². The molecule has 2 aliphatic rings. The van der Waals surface area contributed by atoms with Crippen LogP contribution in [0, 0.1) is 0 Å². The number of rotatable bonds is 3. The molecule has 0 spiro atoms. The van der Waals surface area contributed by atoms with Gasteiger partial charge in [0.25, 0.3) is 0 Å². The van der Waals surface area contributed by atoms with Crippen LogP contribution in [0.1, 0.15) is 63.4 Å². The molecule has 0 atom stereocenters. The van der Waals surface area contributed by atoms with Crippen LogP contribution in [0.25, 0.3) is 0 Å². The lowest BCUT2D eigenvalue weighted by Crippen LogP contribution is -2.27. The molecule has 1 aromatic rings. The number of fused-ring (bicyclic) bond motifs is 1. The molecule has 0 aliphatic heterocycles. The highest BCUT2D eigenvalue weighted by molar-refractivity contribution is 5.69. The molecule has 0 saturated heterocycles. The largest absolute Gasteiger partial charge is 0.459 e. The maximum atomic E-state index is 12.0. The highest BCUT2D eigenvalue weighted by Crippen LogP contribution is 2.47. The van der Waals surface area contributed by atoms with Gasteiger partial charge in [0, 0.05) is 5.69 Å². The molecule has 1 N–H and O–H groups in total. The molecule has 0 bridgehead atoms. The summed E-state index contributed by atoms with van der Waals surface area (Å²) in [5, 5.41) is 15.0. The molecule has 0 unspecified atom stereocenters. The summed E-state index contributed by atoms with van der Waals surface area (Å²) in [7, 11) is 0. The van der Waals surface area contributed by atoms with Crippen molar-refractivity contribution in [1.82, 2.24) is 9.78 Å². The summed E-state index contributed by atoms with van der Waals surface area (Å²) in [5.41, 5.74) is 1.87. The van der Waals surface area contributed by atoms with Crippen LogP contribution in [-0.4, -0.2) is 26.5 Å². The number of aliphatic hydroxyl groups is 1. The summed E-state index contributed by atoms with van der Waals surface area (Å²) in [4.78, 5) is 12.0. The Labute approximate surface area is 125 Å². The number of nitrogens with zero attached hydrogens (tertiary/aromatic N) is 2. The van der Waals surface area contributed by atoms with E-state index in [1.54, 1.807) is 4.68 Å². The van der Waals surface area contributed by atoms with E-state index in [1.165, 1.54) is 5.56 Å². The van der Waals surface area contributed by atoms with E-state index >= 15 is 0 Å². The summed E-state index contributed by atoms with van der Waals surface area (Å²) in [6, 6.07) is 0. The maximum absolute atomic E-state index is 12.0. The van der Waals surface area contributed by atoms with Gasteiger partial charge in [0.15, 0.2) is 0 Å². The van der Waals surface area contributed by atoms with E-state index in [2.05, 4.69) is 5.10 Å². The van der Waals surface area contributed by atoms with Crippen molar-refractivity contribution in [2.45, 2.75) is 77.0 Å². The van der Waals surface area contributed by atoms with Crippen LogP contribution >= 0.6 is 0 Å². The fraction of sp³-hybridized carbons (Fsp3) is 0.750. The molecule has 0 amide bonds. The van der Waals surface area contributed by atoms with Gasteiger partial charge in [0.05, 0.1) is 5.69 Å². The molecular weight excluding hydrogens is 268 g/mol. The van der Waals surface area contributed by atoms with Crippen molar-refractivity contribution >= 4 is 5.97 Å². The molecule has 0 radical (unpaired) electrons. The fourth-order valence-corrected chi connectivity index (χ4v) is 3.03. The Morgan fingerprint density at radius 2 is 2.00 bits per heavy atom. The average Bonchev–Trinajstić information content (AvgIpc) is 3.00. The second kappa shape index (κ2) is 4.83. The first-order valence-corrected chi connectivity index (χ1v) is 7.82. The molecule has 116 valence electrons. The molecule has 2 aliphatic carbocycles. The highest BCUT2D eigenvalue weighted by Gasteiger charge is 2.47. The minimum atomic E-state index is -0.736. The summed E-state index contributed by atoms with van der Waals surface area (Å²) in [6.07, 6.45) is 5.70. The van der Waals surface area contributed by atoms with Gasteiger partial charge in [-0.05, 0) is 64.9 Å². The number of carbonyl (C=O) groups is 1. The number of hydrogen-bond acceptors (Lipinski definition) is 4. The van der Waals surface area contributed by atoms with Crippen molar-refractivity contribution in [1.29, 1.82) is 0 Å². The van der Waals surface area contributed by atoms with Gasteiger partial charge >= 0.3 is 5.97 Å². The first kappa shape index (κ1) is 14.6. The third-order valence-corrected chi connectivity index (χ3v) is 4.12. The predicted octanol–water partition coefficient (Wildman–Crippen LogP) is 2.08. The molecule has 1 heterocycles. The smallest absolute Gasteiger partial charge is 0.328 e. The van der Waals surface area contributed by atoms with E-state index in [0.717, 1.165) is 49.9 Å². The van der Waals surface area contributed by atoms with Crippen LogP contribution < -0.4 is 0 Å². The molecular formula is C16H24N2O3. The minimum Gasteiger partial charge on any atom is -0.459 e. The fourth-order valence-electron chi connectivity index (χ4n) is 3.03. The zero-order chi connectivity index (χ0) is 15.3. The minimum absolute atomic E-state index is 0.135. The van der Waals surface area contributed by atoms with Crippen LogP contribution in [0.4, 0.5) is 0 Å². The molecule has 5 heteroatoms. The molecule has 21 heavy (non-hydrogen) atoms. The first-order chi connectivity index (χ1) is 9.78. The van der Waals surface area contributed by atoms with Crippen molar-refractivity contribution in [3.63, 3.8) is 0 Å². The zero-order valence-corrected chi connectivity index (χ0v) is 13.1. The second-order valence-corrected chi connectivity index (χ2v) is 7.26. The SMILES string of the molecule is CC(C)(C)OC(=O)Cn1nc(C2(O)CC2)c2c1CCCC2. The topological polar surface area (TPSA) is 64.4 Å². The summed E-state index contributed by atoms with van der Waals surface area (Å²) < 4.78 is 7.14.